The van der Waals surface area contributed by atoms with Crippen LogP contribution in [0.15, 0.2) is 0 Å². The Balaban J connectivity index is 2.28. The first kappa shape index (κ1) is 10.7. The van der Waals surface area contributed by atoms with Crippen LogP contribution < -0.4 is 0 Å². The molecule has 0 radical (unpaired) electrons. The summed E-state index contributed by atoms with van der Waals surface area (Å²) in [4.78, 5) is 10.9. The highest BCUT2D eigenvalue weighted by Crippen LogP contribution is 2.27. The Hall–Kier alpha value is -0.410. The molecular formula is C10H18O3. The second kappa shape index (κ2) is 5.35. The third-order valence-electron chi connectivity index (χ3n) is 2.81. The van der Waals surface area contributed by atoms with E-state index < -0.39 is 12.7 Å². The molecule has 1 fully saturated rings. The summed E-state index contributed by atoms with van der Waals surface area (Å²) in [5.41, 5.74) is 0. The highest BCUT2D eigenvalue weighted by molar-refractivity contribution is 5.79. The highest BCUT2D eigenvalue weighted by Gasteiger charge is 2.23. The fourth-order valence-electron chi connectivity index (χ4n) is 1.98. The minimum absolute atomic E-state index is 0.126. The minimum Gasteiger partial charge on any atom is -0.392 e. The minimum atomic E-state index is -0.528. The third-order valence-corrected chi connectivity index (χ3v) is 2.81. The molecule has 0 aromatic rings. The lowest BCUT2D eigenvalue weighted by atomic mass is 9.84. The molecule has 2 N–H and O–H groups in total. The number of carbonyl (C=O) groups is 1. The van der Waals surface area contributed by atoms with Crippen molar-refractivity contribution in [2.24, 2.45) is 5.92 Å². The number of ketones is 1. The van der Waals surface area contributed by atoms with Gasteiger partial charge in [0.1, 0.15) is 6.61 Å². The van der Waals surface area contributed by atoms with Gasteiger partial charge in [0.15, 0.2) is 5.78 Å². The molecule has 0 saturated heterocycles. The number of carbonyl (C=O) groups excluding carboxylic acids is 1. The Morgan fingerprint density at radius 3 is 2.46 bits per heavy atom. The number of hydrogen-bond donors (Lipinski definition) is 2. The molecule has 13 heavy (non-hydrogen) atoms. The van der Waals surface area contributed by atoms with Crippen molar-refractivity contribution in [1.29, 1.82) is 0 Å². The van der Waals surface area contributed by atoms with Gasteiger partial charge in [0, 0.05) is 6.42 Å². The number of rotatable bonds is 4. The first-order chi connectivity index (χ1) is 6.24. The third kappa shape index (κ3) is 3.44. The topological polar surface area (TPSA) is 57.5 Å². The Bertz CT molecular complexity index is 162. The number of Topliss-reactive ketones (excluding diaryl/α,β-unsaturated/α-hetero) is 1. The second-order valence-corrected chi connectivity index (χ2v) is 3.87. The average molecular weight is 186 g/mol. The molecule has 1 aliphatic carbocycles. The summed E-state index contributed by atoms with van der Waals surface area (Å²) in [7, 11) is 0. The van der Waals surface area contributed by atoms with Crippen LogP contribution in [-0.2, 0) is 4.79 Å². The quantitative estimate of drug-likeness (QED) is 0.685. The van der Waals surface area contributed by atoms with Crippen LogP contribution in [0.3, 0.4) is 0 Å². The van der Waals surface area contributed by atoms with Crippen molar-refractivity contribution in [3.05, 3.63) is 0 Å². The lowest BCUT2D eigenvalue weighted by molar-refractivity contribution is -0.124. The van der Waals surface area contributed by atoms with E-state index in [0.717, 1.165) is 25.7 Å². The van der Waals surface area contributed by atoms with Gasteiger partial charge in [0.25, 0.3) is 0 Å². The van der Waals surface area contributed by atoms with Gasteiger partial charge < -0.3 is 10.2 Å². The van der Waals surface area contributed by atoms with Crippen molar-refractivity contribution < 1.29 is 15.0 Å². The monoisotopic (exact) mass is 186 g/mol. The van der Waals surface area contributed by atoms with Crippen molar-refractivity contribution in [3.8, 4) is 0 Å². The van der Waals surface area contributed by atoms with Gasteiger partial charge in [0.2, 0.25) is 0 Å². The molecule has 1 unspecified atom stereocenters. The summed E-state index contributed by atoms with van der Waals surface area (Å²) in [5.74, 6) is 0.0299. The molecule has 1 rings (SSSR count). The summed E-state index contributed by atoms with van der Waals surface area (Å²) >= 11 is 0. The van der Waals surface area contributed by atoms with E-state index in [9.17, 15) is 9.90 Å². The van der Waals surface area contributed by atoms with Gasteiger partial charge in [-0.3, -0.25) is 4.79 Å². The molecule has 0 aromatic heterocycles. The van der Waals surface area contributed by atoms with Crippen molar-refractivity contribution in [2.75, 3.05) is 6.61 Å². The van der Waals surface area contributed by atoms with Crippen LogP contribution in [0.5, 0.6) is 0 Å². The normalized spacial score (nSPS) is 21.4. The predicted octanol–water partition coefficient (Wildman–Crippen LogP) is 0.879. The van der Waals surface area contributed by atoms with Crippen LogP contribution in [-0.4, -0.2) is 28.7 Å². The predicted molar refractivity (Wildman–Crippen MR) is 49.3 cm³/mol. The van der Waals surface area contributed by atoms with Gasteiger partial charge in [0.05, 0.1) is 6.10 Å². The second-order valence-electron chi connectivity index (χ2n) is 3.87. The Morgan fingerprint density at radius 2 is 1.92 bits per heavy atom. The van der Waals surface area contributed by atoms with Crippen LogP contribution in [0.25, 0.3) is 0 Å². The van der Waals surface area contributed by atoms with E-state index in [2.05, 4.69) is 0 Å². The molecule has 0 amide bonds. The molecule has 3 heteroatoms. The molecule has 1 atom stereocenters. The SMILES string of the molecule is O=C(CO)CC(O)C1CCCCC1. The van der Waals surface area contributed by atoms with E-state index in [1.54, 1.807) is 0 Å². The summed E-state index contributed by atoms with van der Waals surface area (Å²) in [6, 6.07) is 0. The van der Waals surface area contributed by atoms with Crippen LogP contribution in [0.2, 0.25) is 0 Å². The van der Waals surface area contributed by atoms with Crippen molar-refractivity contribution in [2.45, 2.75) is 44.6 Å². The molecule has 1 saturated carbocycles. The van der Waals surface area contributed by atoms with Gasteiger partial charge in [-0.25, -0.2) is 0 Å². The first-order valence-corrected chi connectivity index (χ1v) is 5.04. The first-order valence-electron chi connectivity index (χ1n) is 5.04. The summed E-state index contributed by atoms with van der Waals surface area (Å²) < 4.78 is 0. The van der Waals surface area contributed by atoms with Crippen LogP contribution in [0, 0.1) is 5.92 Å². The van der Waals surface area contributed by atoms with Gasteiger partial charge in [-0.05, 0) is 18.8 Å². The molecule has 0 heterocycles. The van der Waals surface area contributed by atoms with E-state index in [1.165, 1.54) is 6.42 Å². The van der Waals surface area contributed by atoms with Crippen LogP contribution in [0.1, 0.15) is 38.5 Å². The van der Waals surface area contributed by atoms with Crippen LogP contribution in [0.4, 0.5) is 0 Å². The van der Waals surface area contributed by atoms with Gasteiger partial charge >= 0.3 is 0 Å². The zero-order chi connectivity index (χ0) is 9.68. The molecule has 0 aromatic carbocycles. The van der Waals surface area contributed by atoms with Crippen molar-refractivity contribution >= 4 is 5.78 Å². The van der Waals surface area contributed by atoms with E-state index in [-0.39, 0.29) is 18.1 Å². The molecule has 76 valence electrons. The summed E-state index contributed by atoms with van der Waals surface area (Å²) in [5, 5.41) is 18.2. The number of aliphatic hydroxyl groups is 2. The van der Waals surface area contributed by atoms with Gasteiger partial charge in [-0.15, -0.1) is 0 Å². The van der Waals surface area contributed by atoms with Gasteiger partial charge in [-0.1, -0.05) is 19.3 Å². The smallest absolute Gasteiger partial charge is 0.160 e. The largest absolute Gasteiger partial charge is 0.392 e. The van der Waals surface area contributed by atoms with E-state index in [1.807, 2.05) is 0 Å². The number of aliphatic hydroxyl groups excluding tert-OH is 2. The van der Waals surface area contributed by atoms with Crippen molar-refractivity contribution in [3.63, 3.8) is 0 Å². The average Bonchev–Trinajstić information content (AvgIpc) is 2.19. The maximum atomic E-state index is 10.9. The lowest BCUT2D eigenvalue weighted by Gasteiger charge is -2.25. The highest BCUT2D eigenvalue weighted by atomic mass is 16.3. The molecule has 3 nitrogen and oxygen atoms in total. The molecular weight excluding hydrogens is 168 g/mol. The van der Waals surface area contributed by atoms with Crippen LogP contribution >= 0.6 is 0 Å². The fourth-order valence-corrected chi connectivity index (χ4v) is 1.98. The number of hydrogen-bond acceptors (Lipinski definition) is 3. The molecule has 1 aliphatic rings. The maximum absolute atomic E-state index is 10.9. The van der Waals surface area contributed by atoms with E-state index >= 15 is 0 Å². The maximum Gasteiger partial charge on any atom is 0.160 e. The molecule has 0 aliphatic heterocycles. The zero-order valence-electron chi connectivity index (χ0n) is 7.91. The standard InChI is InChI=1S/C10H18O3/c11-7-9(12)6-10(13)8-4-2-1-3-5-8/h8,10-11,13H,1-7H2. The Kier molecular flexibility index (Phi) is 4.39. The molecule has 0 bridgehead atoms. The lowest BCUT2D eigenvalue weighted by Crippen LogP contribution is -2.26. The van der Waals surface area contributed by atoms with E-state index in [0.29, 0.717) is 0 Å². The summed E-state index contributed by atoms with van der Waals surface area (Å²) in [6.07, 6.45) is 5.22. The van der Waals surface area contributed by atoms with E-state index in [4.69, 9.17) is 5.11 Å². The fraction of sp³-hybridized carbons (Fsp3) is 0.900. The Labute approximate surface area is 78.8 Å². The Morgan fingerprint density at radius 1 is 1.31 bits per heavy atom. The molecule has 0 spiro atoms. The van der Waals surface area contributed by atoms with Crippen molar-refractivity contribution in [1.82, 2.24) is 0 Å². The zero-order valence-corrected chi connectivity index (χ0v) is 7.91. The van der Waals surface area contributed by atoms with Gasteiger partial charge in [-0.2, -0.15) is 0 Å². The summed E-state index contributed by atoms with van der Waals surface area (Å²) in [6.45, 7) is -0.441.